The van der Waals surface area contributed by atoms with Gasteiger partial charge in [-0.2, -0.15) is 0 Å². The summed E-state index contributed by atoms with van der Waals surface area (Å²) in [7, 11) is 0. The van der Waals surface area contributed by atoms with Crippen LogP contribution in [-0.2, 0) is 15.0 Å². The molecule has 0 spiro atoms. The van der Waals surface area contributed by atoms with Crippen LogP contribution < -0.4 is 4.90 Å². The van der Waals surface area contributed by atoms with Crippen LogP contribution >= 0.6 is 0 Å². The zero-order valence-electron chi connectivity index (χ0n) is 13.9. The van der Waals surface area contributed by atoms with Gasteiger partial charge in [-0.25, -0.2) is 9.69 Å². The van der Waals surface area contributed by atoms with E-state index in [-0.39, 0.29) is 11.5 Å². The molecule has 2 aliphatic heterocycles. The number of nitro groups is 1. The summed E-state index contributed by atoms with van der Waals surface area (Å²) in [5.41, 5.74) is -1.38. The lowest BCUT2D eigenvalue weighted by Gasteiger charge is -2.29. The van der Waals surface area contributed by atoms with Gasteiger partial charge in [-0.3, -0.25) is 10.1 Å². The van der Waals surface area contributed by atoms with E-state index in [4.69, 9.17) is 9.47 Å². The van der Waals surface area contributed by atoms with Crippen molar-refractivity contribution >= 4 is 11.8 Å². The molecule has 1 aromatic rings. The quantitative estimate of drug-likeness (QED) is 0.472. The number of ether oxygens (including phenoxy) is 2. The number of carbonyl (C=O) groups is 1. The van der Waals surface area contributed by atoms with Crippen LogP contribution in [0.1, 0.15) is 26.3 Å². The monoisotopic (exact) mass is 332 g/mol. The van der Waals surface area contributed by atoms with E-state index in [1.165, 1.54) is 11.0 Å². The van der Waals surface area contributed by atoms with Gasteiger partial charge in [-0.1, -0.05) is 18.2 Å². The van der Waals surface area contributed by atoms with Crippen molar-refractivity contribution in [2.24, 2.45) is 5.92 Å². The van der Waals surface area contributed by atoms with Crippen LogP contribution in [0.4, 0.5) is 10.5 Å². The summed E-state index contributed by atoms with van der Waals surface area (Å²) >= 11 is 0. The molecule has 0 bridgehead atoms. The molecule has 0 aliphatic carbocycles. The summed E-state index contributed by atoms with van der Waals surface area (Å²) in [6, 6.07) is 6.79. The third-order valence-electron chi connectivity index (χ3n) is 4.38. The van der Waals surface area contributed by atoms with Crippen LogP contribution in [0.15, 0.2) is 36.9 Å². The van der Waals surface area contributed by atoms with Crippen molar-refractivity contribution in [1.29, 1.82) is 0 Å². The van der Waals surface area contributed by atoms with Gasteiger partial charge in [0, 0.05) is 4.92 Å². The van der Waals surface area contributed by atoms with Crippen molar-refractivity contribution in [2.45, 2.75) is 38.1 Å². The van der Waals surface area contributed by atoms with Gasteiger partial charge in [-0.15, -0.1) is 6.58 Å². The first-order valence-corrected chi connectivity index (χ1v) is 7.74. The highest BCUT2D eigenvalue weighted by Crippen LogP contribution is 2.54. The predicted octanol–water partition coefficient (Wildman–Crippen LogP) is 3.07. The number of carbonyl (C=O) groups excluding carboxylic acids is 1. The van der Waals surface area contributed by atoms with E-state index in [0.29, 0.717) is 11.3 Å². The molecule has 1 amide bonds. The third kappa shape index (κ3) is 2.11. The second kappa shape index (κ2) is 5.31. The van der Waals surface area contributed by atoms with Gasteiger partial charge in [0.1, 0.15) is 5.60 Å². The fraction of sp³-hybridized carbons (Fsp3) is 0.471. The molecule has 7 nitrogen and oxygen atoms in total. The normalized spacial score (nSPS) is 28.2. The Balaban J connectivity index is 2.16. The minimum Gasteiger partial charge on any atom is -0.443 e. The Labute approximate surface area is 140 Å². The fourth-order valence-corrected chi connectivity index (χ4v) is 3.46. The van der Waals surface area contributed by atoms with E-state index in [2.05, 4.69) is 6.58 Å². The summed E-state index contributed by atoms with van der Waals surface area (Å²) in [5, 5.41) is 12.1. The molecule has 7 heteroatoms. The minimum absolute atomic E-state index is 0.128. The molecule has 0 aromatic heterocycles. The molecule has 128 valence electrons. The number of hydrogen-bond acceptors (Lipinski definition) is 5. The molecule has 0 radical (unpaired) electrons. The predicted molar refractivity (Wildman–Crippen MR) is 87.3 cm³/mol. The number of hydrogen-bond donors (Lipinski definition) is 0. The molecule has 1 aromatic carbocycles. The number of benzene rings is 1. The number of rotatable bonds is 2. The highest BCUT2D eigenvalue weighted by Gasteiger charge is 2.71. The molecule has 3 rings (SSSR count). The maximum atomic E-state index is 12.7. The maximum absolute atomic E-state index is 12.7. The first kappa shape index (κ1) is 16.4. The maximum Gasteiger partial charge on any atom is 0.417 e. The van der Waals surface area contributed by atoms with Crippen molar-refractivity contribution in [3.05, 3.63) is 52.6 Å². The molecule has 3 atom stereocenters. The van der Waals surface area contributed by atoms with Gasteiger partial charge in [0.15, 0.2) is 0 Å². The first-order chi connectivity index (χ1) is 11.2. The zero-order valence-corrected chi connectivity index (χ0v) is 13.9. The van der Waals surface area contributed by atoms with Gasteiger partial charge in [0.2, 0.25) is 6.23 Å². The van der Waals surface area contributed by atoms with Crippen LogP contribution in [0.5, 0.6) is 0 Å². The summed E-state index contributed by atoms with van der Waals surface area (Å²) in [6.07, 6.45) is -0.186. The van der Waals surface area contributed by atoms with Crippen molar-refractivity contribution in [3.8, 4) is 0 Å². The third-order valence-corrected chi connectivity index (χ3v) is 4.38. The average molecular weight is 332 g/mol. The molecule has 2 aliphatic rings. The van der Waals surface area contributed by atoms with Gasteiger partial charge in [0.25, 0.3) is 0 Å². The van der Waals surface area contributed by atoms with Crippen LogP contribution in [-0.4, -0.2) is 29.5 Å². The van der Waals surface area contributed by atoms with E-state index < -0.39 is 29.4 Å². The number of anilines is 1. The molecular weight excluding hydrogens is 312 g/mol. The van der Waals surface area contributed by atoms with Gasteiger partial charge in [-0.05, 0) is 32.9 Å². The van der Waals surface area contributed by atoms with Crippen LogP contribution in [0.2, 0.25) is 0 Å². The Morgan fingerprint density at radius 2 is 2.17 bits per heavy atom. The number of fused-ring (bicyclic) bond motifs is 3. The molecule has 24 heavy (non-hydrogen) atoms. The fourth-order valence-electron chi connectivity index (χ4n) is 3.46. The molecule has 0 saturated carbocycles. The average Bonchev–Trinajstić information content (AvgIpc) is 2.98. The largest absolute Gasteiger partial charge is 0.443 e. The second-order valence-corrected chi connectivity index (χ2v) is 6.98. The smallest absolute Gasteiger partial charge is 0.417 e. The standard InChI is InChI=1S/C17H20N2O5/c1-5-11-10-23-14-17(11,19(21)22)12-8-6-7-9-13(12)18(14)15(20)24-16(2,3)4/h5-9,11,14H,1,10H2,2-4H3/t11-,14+,17-/m0/s1. The molecular formula is C17H20N2O5. The highest BCUT2D eigenvalue weighted by atomic mass is 16.6. The number of para-hydroxylation sites is 1. The van der Waals surface area contributed by atoms with Gasteiger partial charge in [0.05, 0.1) is 23.8 Å². The Morgan fingerprint density at radius 1 is 1.50 bits per heavy atom. The van der Waals surface area contributed by atoms with Crippen LogP contribution in [0.3, 0.4) is 0 Å². The van der Waals surface area contributed by atoms with E-state index in [1.54, 1.807) is 45.0 Å². The molecule has 0 N–H and O–H groups in total. The van der Waals surface area contributed by atoms with E-state index in [1.807, 2.05) is 0 Å². The first-order valence-electron chi connectivity index (χ1n) is 7.74. The lowest BCUT2D eigenvalue weighted by atomic mass is 9.81. The lowest BCUT2D eigenvalue weighted by molar-refractivity contribution is -0.588. The molecule has 2 heterocycles. The minimum atomic E-state index is -1.56. The van der Waals surface area contributed by atoms with E-state index >= 15 is 0 Å². The van der Waals surface area contributed by atoms with Crippen LogP contribution in [0, 0.1) is 16.0 Å². The second-order valence-electron chi connectivity index (χ2n) is 6.98. The molecule has 1 fully saturated rings. The van der Waals surface area contributed by atoms with Crippen molar-refractivity contribution in [2.75, 3.05) is 11.5 Å². The summed E-state index contributed by atoms with van der Waals surface area (Å²) in [6.45, 7) is 9.08. The highest BCUT2D eigenvalue weighted by molar-refractivity contribution is 5.92. The van der Waals surface area contributed by atoms with E-state index in [0.717, 1.165) is 0 Å². The van der Waals surface area contributed by atoms with E-state index in [9.17, 15) is 14.9 Å². The summed E-state index contributed by atoms with van der Waals surface area (Å²) in [4.78, 5) is 25.7. The number of nitrogens with zero attached hydrogens (tertiary/aromatic N) is 2. The topological polar surface area (TPSA) is 81.9 Å². The van der Waals surface area contributed by atoms with Crippen molar-refractivity contribution in [3.63, 3.8) is 0 Å². The Kier molecular flexibility index (Phi) is 3.64. The lowest BCUT2D eigenvalue weighted by Crippen LogP contribution is -2.52. The summed E-state index contributed by atoms with van der Waals surface area (Å²) in [5.74, 6) is -0.536. The van der Waals surface area contributed by atoms with Crippen molar-refractivity contribution < 1.29 is 19.2 Å². The SMILES string of the molecule is C=C[C@H]1CO[C@H]2N(C(=O)OC(C)(C)C)c3ccccc3[C@@]12[N+](=O)[O-]. The van der Waals surface area contributed by atoms with Gasteiger partial charge >= 0.3 is 11.6 Å². The summed E-state index contributed by atoms with van der Waals surface area (Å²) < 4.78 is 11.1. The Bertz CT molecular complexity index is 711. The Morgan fingerprint density at radius 3 is 2.75 bits per heavy atom. The Hall–Kier alpha value is -2.41. The molecule has 0 unspecified atom stereocenters. The van der Waals surface area contributed by atoms with Gasteiger partial charge < -0.3 is 9.47 Å². The van der Waals surface area contributed by atoms with Crippen LogP contribution in [0.25, 0.3) is 0 Å². The number of amides is 1. The van der Waals surface area contributed by atoms with Crippen molar-refractivity contribution in [1.82, 2.24) is 0 Å². The zero-order chi connectivity index (χ0) is 17.7. The molecule has 1 saturated heterocycles.